The van der Waals surface area contributed by atoms with Crippen molar-refractivity contribution in [3.63, 3.8) is 0 Å². The molecule has 0 aliphatic carbocycles. The van der Waals surface area contributed by atoms with Crippen LogP contribution in [0.5, 0.6) is 0 Å². The highest BCUT2D eigenvalue weighted by Gasteiger charge is 2.20. The highest BCUT2D eigenvalue weighted by atomic mass is 32.2. The summed E-state index contributed by atoms with van der Waals surface area (Å²) in [5, 5.41) is 5.42. The van der Waals surface area contributed by atoms with Gasteiger partial charge in [-0.3, -0.25) is 4.18 Å². The van der Waals surface area contributed by atoms with Crippen molar-refractivity contribution in [3.05, 3.63) is 29.5 Å². The van der Waals surface area contributed by atoms with E-state index in [1.165, 1.54) is 7.11 Å². The number of aromatic nitrogens is 2. The van der Waals surface area contributed by atoms with Crippen LogP contribution >= 0.6 is 0 Å². The second-order valence-electron chi connectivity index (χ2n) is 5.62. The molecule has 0 spiro atoms. The Kier molecular flexibility index (Phi) is 4.20. The number of fused-ring (bicyclic) bond motifs is 1. The lowest BCUT2D eigenvalue weighted by Crippen LogP contribution is -2.19. The summed E-state index contributed by atoms with van der Waals surface area (Å²) in [7, 11) is -2.36. The maximum atomic E-state index is 11.7. The minimum atomic E-state index is -3.55. The molecule has 1 aromatic heterocycles. The molecule has 1 aromatic carbocycles. The Morgan fingerprint density at radius 3 is 2.91 bits per heavy atom. The molecule has 2 aromatic rings. The van der Waals surface area contributed by atoms with Crippen LogP contribution in [0, 0.1) is 6.92 Å². The summed E-state index contributed by atoms with van der Waals surface area (Å²) in [5.74, 6) is -0.137. The third kappa shape index (κ3) is 3.02. The topological polar surface area (TPSA) is 70.4 Å². The standard InChI is InChI=1S/C15H20N2O4S/c1-11-7-12-9-16-17(15-5-3-4-6-21-15)14(12)8-13(11)10-22(18,19)20-2/h7-9,15H,3-6,10H2,1-2H3. The summed E-state index contributed by atoms with van der Waals surface area (Å²) < 4.78 is 35.6. The zero-order valence-corrected chi connectivity index (χ0v) is 13.6. The van der Waals surface area contributed by atoms with E-state index in [9.17, 15) is 8.42 Å². The van der Waals surface area contributed by atoms with Crippen molar-refractivity contribution in [1.29, 1.82) is 0 Å². The molecule has 1 aliphatic rings. The van der Waals surface area contributed by atoms with Crippen molar-refractivity contribution in [2.24, 2.45) is 0 Å². The Morgan fingerprint density at radius 1 is 1.41 bits per heavy atom. The van der Waals surface area contributed by atoms with Crippen molar-refractivity contribution in [1.82, 2.24) is 9.78 Å². The largest absolute Gasteiger partial charge is 0.356 e. The normalized spacial score (nSPS) is 19.6. The summed E-state index contributed by atoms with van der Waals surface area (Å²) in [6, 6.07) is 3.84. The maximum Gasteiger partial charge on any atom is 0.271 e. The van der Waals surface area contributed by atoms with Crippen molar-refractivity contribution in [2.75, 3.05) is 13.7 Å². The van der Waals surface area contributed by atoms with E-state index in [0.29, 0.717) is 0 Å². The van der Waals surface area contributed by atoms with E-state index in [2.05, 4.69) is 9.28 Å². The molecule has 0 N–H and O–H groups in total. The number of ether oxygens (including phenoxy) is 1. The summed E-state index contributed by atoms with van der Waals surface area (Å²) in [6.07, 6.45) is 4.85. The predicted molar refractivity (Wildman–Crippen MR) is 82.9 cm³/mol. The molecule has 0 bridgehead atoms. The van der Waals surface area contributed by atoms with Gasteiger partial charge in [0.15, 0.2) is 6.23 Å². The minimum absolute atomic E-state index is 0.0687. The van der Waals surface area contributed by atoms with Gasteiger partial charge in [-0.05, 0) is 49.4 Å². The molecule has 1 fully saturated rings. The highest BCUT2D eigenvalue weighted by Crippen LogP contribution is 2.28. The fraction of sp³-hybridized carbons (Fsp3) is 0.533. The van der Waals surface area contributed by atoms with Crippen LogP contribution in [0.3, 0.4) is 0 Å². The maximum absolute atomic E-state index is 11.7. The summed E-state index contributed by atoms with van der Waals surface area (Å²) >= 11 is 0. The van der Waals surface area contributed by atoms with Gasteiger partial charge in [0.2, 0.25) is 0 Å². The Balaban J connectivity index is 2.02. The third-order valence-corrected chi connectivity index (χ3v) is 5.24. The van der Waals surface area contributed by atoms with Crippen LogP contribution in [0.4, 0.5) is 0 Å². The van der Waals surface area contributed by atoms with Crippen molar-refractivity contribution >= 4 is 21.0 Å². The molecule has 3 rings (SSSR count). The molecule has 0 radical (unpaired) electrons. The first-order valence-corrected chi connectivity index (χ1v) is 8.94. The first kappa shape index (κ1) is 15.5. The van der Waals surface area contributed by atoms with Crippen LogP contribution in [-0.2, 0) is 24.8 Å². The SMILES string of the molecule is COS(=O)(=O)Cc1cc2c(cnn2C2CCCCO2)cc1C. The van der Waals surface area contributed by atoms with Crippen molar-refractivity contribution in [3.8, 4) is 0 Å². The zero-order chi connectivity index (χ0) is 15.7. The van der Waals surface area contributed by atoms with Gasteiger partial charge in [-0.15, -0.1) is 0 Å². The second kappa shape index (κ2) is 5.98. The van der Waals surface area contributed by atoms with Crippen LogP contribution < -0.4 is 0 Å². The lowest BCUT2D eigenvalue weighted by molar-refractivity contribution is -0.0366. The molecular formula is C15H20N2O4S. The summed E-state index contributed by atoms with van der Waals surface area (Å²) in [6.45, 7) is 2.64. The van der Waals surface area contributed by atoms with Gasteiger partial charge in [-0.1, -0.05) is 0 Å². The van der Waals surface area contributed by atoms with Gasteiger partial charge >= 0.3 is 0 Å². The van der Waals surface area contributed by atoms with E-state index in [-0.39, 0.29) is 12.0 Å². The number of aryl methyl sites for hydroxylation is 1. The van der Waals surface area contributed by atoms with E-state index in [1.807, 2.05) is 23.7 Å². The first-order chi connectivity index (χ1) is 10.5. The summed E-state index contributed by atoms with van der Waals surface area (Å²) in [4.78, 5) is 0. The van der Waals surface area contributed by atoms with E-state index >= 15 is 0 Å². The van der Waals surface area contributed by atoms with Crippen molar-refractivity contribution in [2.45, 2.75) is 38.2 Å². The van der Waals surface area contributed by atoms with Crippen LogP contribution in [0.2, 0.25) is 0 Å². The predicted octanol–water partition coefficient (Wildman–Crippen LogP) is 2.52. The van der Waals surface area contributed by atoms with Crippen LogP contribution in [0.1, 0.15) is 36.6 Å². The second-order valence-corrected chi connectivity index (χ2v) is 7.35. The average molecular weight is 324 g/mol. The Bertz CT molecular complexity index is 776. The molecule has 0 amide bonds. The van der Waals surface area contributed by atoms with E-state index in [0.717, 1.165) is 47.9 Å². The number of hydrogen-bond acceptors (Lipinski definition) is 5. The molecule has 1 unspecified atom stereocenters. The van der Waals surface area contributed by atoms with E-state index < -0.39 is 10.1 Å². The van der Waals surface area contributed by atoms with Crippen molar-refractivity contribution < 1.29 is 17.3 Å². The quantitative estimate of drug-likeness (QED) is 0.808. The molecule has 1 saturated heterocycles. The molecule has 0 saturated carbocycles. The Hall–Kier alpha value is -1.44. The van der Waals surface area contributed by atoms with Gasteiger partial charge in [0.05, 0.1) is 18.8 Å². The first-order valence-electron chi connectivity index (χ1n) is 7.37. The molecule has 6 nitrogen and oxygen atoms in total. The van der Waals surface area contributed by atoms with Gasteiger partial charge in [0.1, 0.15) is 5.75 Å². The van der Waals surface area contributed by atoms with Gasteiger partial charge in [0.25, 0.3) is 10.1 Å². The molecule has 1 aliphatic heterocycles. The Labute approximate surface area is 130 Å². The fourth-order valence-electron chi connectivity index (χ4n) is 2.80. The lowest BCUT2D eigenvalue weighted by Gasteiger charge is -2.23. The number of rotatable bonds is 4. The monoisotopic (exact) mass is 324 g/mol. The number of hydrogen-bond donors (Lipinski definition) is 0. The number of benzene rings is 1. The molecule has 120 valence electrons. The van der Waals surface area contributed by atoms with E-state index in [1.54, 1.807) is 6.20 Å². The summed E-state index contributed by atoms with van der Waals surface area (Å²) in [5.41, 5.74) is 2.54. The van der Waals surface area contributed by atoms with Crippen LogP contribution in [-0.4, -0.2) is 31.9 Å². The lowest BCUT2D eigenvalue weighted by atomic mass is 10.1. The van der Waals surface area contributed by atoms with Crippen LogP contribution in [0.15, 0.2) is 18.3 Å². The van der Waals surface area contributed by atoms with Crippen LogP contribution in [0.25, 0.3) is 10.9 Å². The van der Waals surface area contributed by atoms with Gasteiger partial charge < -0.3 is 4.74 Å². The third-order valence-electron chi connectivity index (χ3n) is 4.07. The molecule has 1 atom stereocenters. The molecule has 2 heterocycles. The molecular weight excluding hydrogens is 304 g/mol. The fourth-order valence-corrected chi connectivity index (χ4v) is 3.61. The minimum Gasteiger partial charge on any atom is -0.356 e. The number of nitrogens with zero attached hydrogens (tertiary/aromatic N) is 2. The van der Waals surface area contributed by atoms with E-state index in [4.69, 9.17) is 4.74 Å². The smallest absolute Gasteiger partial charge is 0.271 e. The van der Waals surface area contributed by atoms with Gasteiger partial charge in [-0.2, -0.15) is 13.5 Å². The Morgan fingerprint density at radius 2 is 2.23 bits per heavy atom. The zero-order valence-electron chi connectivity index (χ0n) is 12.8. The van der Waals surface area contributed by atoms with Gasteiger partial charge in [0, 0.05) is 12.0 Å². The molecule has 22 heavy (non-hydrogen) atoms. The molecule has 7 heteroatoms. The van der Waals surface area contributed by atoms with Gasteiger partial charge in [-0.25, -0.2) is 4.68 Å². The highest BCUT2D eigenvalue weighted by molar-refractivity contribution is 7.85. The average Bonchev–Trinajstić information content (AvgIpc) is 2.91.